The first-order valence-corrected chi connectivity index (χ1v) is 16.4. The van der Waals surface area contributed by atoms with Crippen LogP contribution in [0.2, 0.25) is 5.02 Å². The summed E-state index contributed by atoms with van der Waals surface area (Å²) < 4.78 is 0. The van der Waals surface area contributed by atoms with E-state index in [1.165, 1.54) is 12.1 Å². The molecule has 1 saturated heterocycles. The quantitative estimate of drug-likeness (QED) is 0.104. The highest BCUT2D eigenvalue weighted by atomic mass is 35.5. The fourth-order valence-corrected chi connectivity index (χ4v) is 8.79. The molecule has 4 atom stereocenters. The lowest BCUT2D eigenvalue weighted by molar-refractivity contribution is -0.384. The van der Waals surface area contributed by atoms with Crippen LogP contribution in [0.25, 0.3) is 11.1 Å². The Balaban J connectivity index is 1.53. The third kappa shape index (κ3) is 3.99. The van der Waals surface area contributed by atoms with Crippen LogP contribution in [0.5, 0.6) is 0 Å². The van der Waals surface area contributed by atoms with Crippen LogP contribution in [0.3, 0.4) is 0 Å². The molecule has 8 rings (SSSR count). The average Bonchev–Trinajstić information content (AvgIpc) is 3.62. The van der Waals surface area contributed by atoms with Crippen molar-refractivity contribution in [1.82, 2.24) is 0 Å². The number of anilines is 1. The summed E-state index contributed by atoms with van der Waals surface area (Å²) in [5.41, 5.74) is 2.65. The lowest BCUT2D eigenvalue weighted by atomic mass is 9.59. The molecule has 0 radical (unpaired) electrons. The summed E-state index contributed by atoms with van der Waals surface area (Å²) in [5, 5.41) is 11.8. The average molecular weight is 665 g/mol. The number of halogens is 1. The van der Waals surface area contributed by atoms with Crippen LogP contribution in [0.1, 0.15) is 33.4 Å². The molecule has 2 bridgehead atoms. The zero-order valence-electron chi connectivity index (χ0n) is 26.6. The van der Waals surface area contributed by atoms with E-state index in [0.29, 0.717) is 22.3 Å². The number of Topliss-reactive ketones (excluding diaryl/α,β-unsaturated/α-hetero) is 1. The van der Waals surface area contributed by atoms with Crippen molar-refractivity contribution in [2.24, 2.45) is 11.8 Å². The summed E-state index contributed by atoms with van der Waals surface area (Å²) >= 11 is 6.16. The van der Waals surface area contributed by atoms with Gasteiger partial charge in [0.1, 0.15) is 5.02 Å². The van der Waals surface area contributed by atoms with Crippen molar-refractivity contribution in [1.29, 1.82) is 0 Å². The minimum Gasteiger partial charge on any atom is -0.297 e. The van der Waals surface area contributed by atoms with Crippen molar-refractivity contribution in [3.8, 4) is 0 Å². The van der Waals surface area contributed by atoms with Crippen LogP contribution in [-0.4, -0.2) is 22.5 Å². The Morgan fingerprint density at radius 3 is 1.47 bits per heavy atom. The van der Waals surface area contributed by atoms with Gasteiger partial charge in [-0.05, 0) is 59.4 Å². The Bertz CT molecular complexity index is 2120. The molecule has 2 amide bonds. The molecular formula is C41H29ClN2O5. The van der Waals surface area contributed by atoms with Crippen LogP contribution >= 0.6 is 11.6 Å². The molecular weight excluding hydrogens is 636 g/mol. The van der Waals surface area contributed by atoms with E-state index in [1.54, 1.807) is 0 Å². The number of amides is 2. The van der Waals surface area contributed by atoms with Gasteiger partial charge in [0, 0.05) is 6.07 Å². The number of nitro groups is 1. The second-order valence-corrected chi connectivity index (χ2v) is 13.4. The molecule has 0 spiro atoms. The molecule has 5 aromatic rings. The van der Waals surface area contributed by atoms with Crippen molar-refractivity contribution in [3.63, 3.8) is 0 Å². The third-order valence-electron chi connectivity index (χ3n) is 10.5. The molecule has 3 aliphatic rings. The van der Waals surface area contributed by atoms with Crippen LogP contribution in [0.15, 0.2) is 127 Å². The number of nitrogens with zero attached hydrogens (tertiary/aromatic N) is 2. The van der Waals surface area contributed by atoms with Gasteiger partial charge in [0.25, 0.3) is 5.69 Å². The molecule has 0 aromatic heterocycles. The number of ketones is 1. The Kier molecular flexibility index (Phi) is 6.84. The number of hydrogen-bond acceptors (Lipinski definition) is 5. The monoisotopic (exact) mass is 664 g/mol. The summed E-state index contributed by atoms with van der Waals surface area (Å²) in [6.45, 7) is 3.98. The molecule has 2 aliphatic carbocycles. The Hall–Kier alpha value is -5.66. The van der Waals surface area contributed by atoms with Crippen molar-refractivity contribution < 1.29 is 19.3 Å². The number of carbonyl (C=O) groups excluding carboxylic acids is 3. The molecule has 8 heteroatoms. The van der Waals surface area contributed by atoms with E-state index in [9.17, 15) is 10.1 Å². The van der Waals surface area contributed by atoms with Crippen LogP contribution in [-0.2, 0) is 25.2 Å². The second-order valence-electron chi connectivity index (χ2n) is 13.0. The first-order valence-electron chi connectivity index (χ1n) is 16.0. The van der Waals surface area contributed by atoms with Crippen LogP contribution < -0.4 is 4.90 Å². The summed E-state index contributed by atoms with van der Waals surface area (Å²) in [6, 6.07) is 38.3. The molecule has 1 heterocycles. The molecule has 49 heavy (non-hydrogen) atoms. The molecule has 240 valence electrons. The molecule has 0 unspecified atom stereocenters. The van der Waals surface area contributed by atoms with E-state index in [1.807, 2.05) is 123 Å². The van der Waals surface area contributed by atoms with E-state index >= 15 is 14.4 Å². The van der Waals surface area contributed by atoms with Gasteiger partial charge < -0.3 is 0 Å². The fraction of sp³-hybridized carbons (Fsp3) is 0.146. The third-order valence-corrected chi connectivity index (χ3v) is 10.8. The molecule has 5 aromatic carbocycles. The first kappa shape index (κ1) is 30.7. The topological polar surface area (TPSA) is 97.6 Å². The maximum atomic E-state index is 16.0. The van der Waals surface area contributed by atoms with E-state index in [2.05, 4.69) is 0 Å². The highest BCUT2D eigenvalue weighted by Crippen LogP contribution is 2.74. The van der Waals surface area contributed by atoms with Crippen molar-refractivity contribution in [3.05, 3.63) is 176 Å². The minimum absolute atomic E-state index is 0.0348. The van der Waals surface area contributed by atoms with E-state index in [4.69, 9.17) is 11.6 Å². The van der Waals surface area contributed by atoms with Gasteiger partial charge in [-0.25, -0.2) is 4.90 Å². The van der Waals surface area contributed by atoms with Gasteiger partial charge in [-0.15, -0.1) is 0 Å². The van der Waals surface area contributed by atoms with Gasteiger partial charge in [-0.3, -0.25) is 24.5 Å². The number of benzene rings is 5. The first-order chi connectivity index (χ1) is 23.6. The van der Waals surface area contributed by atoms with Crippen LogP contribution in [0.4, 0.5) is 11.4 Å². The van der Waals surface area contributed by atoms with E-state index in [-0.39, 0.29) is 16.5 Å². The number of aryl methyl sites for hydroxylation is 2. The number of hydrogen-bond donors (Lipinski definition) is 0. The maximum Gasteiger partial charge on any atom is 0.289 e. The smallest absolute Gasteiger partial charge is 0.289 e. The lowest BCUT2D eigenvalue weighted by Crippen LogP contribution is -2.45. The summed E-state index contributed by atoms with van der Waals surface area (Å²) in [6.07, 6.45) is 0. The zero-order valence-corrected chi connectivity index (χ0v) is 27.3. The summed E-state index contributed by atoms with van der Waals surface area (Å²) in [5.74, 6) is -3.70. The standard InChI is InChI=1S/C41H29ClN2O5/c1-24-13-17-26(18-14-24)33-34(27-19-15-25(2)16-20-27)41(29-11-7-4-8-12-29)36-35(40(33,39(41)47)28-9-5-3-6-10-28)37(45)43(38(36)46)30-21-22-31(42)32(23-30)44(48)49/h3-23,35-36H,1-2H3/t35-,36+,40-,41-/m1/s1. The van der Waals surface area contributed by atoms with Gasteiger partial charge in [0.2, 0.25) is 11.8 Å². The summed E-state index contributed by atoms with van der Waals surface area (Å²) in [4.78, 5) is 58.5. The van der Waals surface area contributed by atoms with Gasteiger partial charge in [-0.2, -0.15) is 0 Å². The van der Waals surface area contributed by atoms with Gasteiger partial charge in [0.05, 0.1) is 33.3 Å². The Labute approximate surface area is 287 Å². The fourth-order valence-electron chi connectivity index (χ4n) is 8.60. The normalized spacial score (nSPS) is 24.1. The van der Waals surface area contributed by atoms with Gasteiger partial charge in [-0.1, -0.05) is 132 Å². The number of rotatable bonds is 6. The predicted octanol–water partition coefficient (Wildman–Crippen LogP) is 8.05. The molecule has 1 aliphatic heterocycles. The Morgan fingerprint density at radius 2 is 1.06 bits per heavy atom. The molecule has 1 saturated carbocycles. The Morgan fingerprint density at radius 1 is 0.633 bits per heavy atom. The zero-order chi connectivity index (χ0) is 34.2. The van der Waals surface area contributed by atoms with E-state index < -0.39 is 45.1 Å². The van der Waals surface area contributed by atoms with Gasteiger partial charge >= 0.3 is 0 Å². The lowest BCUT2D eigenvalue weighted by Gasteiger charge is -2.39. The maximum absolute atomic E-state index is 16.0. The molecule has 7 nitrogen and oxygen atoms in total. The highest BCUT2D eigenvalue weighted by molar-refractivity contribution is 6.39. The largest absolute Gasteiger partial charge is 0.297 e. The van der Waals surface area contributed by atoms with Crippen LogP contribution in [0, 0.1) is 35.8 Å². The summed E-state index contributed by atoms with van der Waals surface area (Å²) in [7, 11) is 0. The number of allylic oxidation sites excluding steroid dienone is 2. The number of fused-ring (bicyclic) bond motifs is 5. The van der Waals surface area contributed by atoms with Crippen molar-refractivity contribution in [2.45, 2.75) is 24.7 Å². The number of nitro benzene ring substituents is 1. The highest BCUT2D eigenvalue weighted by Gasteiger charge is 2.82. The minimum atomic E-state index is -1.57. The molecule has 0 N–H and O–H groups in total. The molecule has 2 fully saturated rings. The SMILES string of the molecule is Cc1ccc(C2=C(c3ccc(C)cc3)[C@@]3(c4ccccc4)C(=O)[C@@]2(c2ccccc2)[C@@H]2C(=O)N(c4ccc(Cl)c([N+](=O)[O-])c4)C(=O)[C@@H]23)cc1. The van der Waals surface area contributed by atoms with E-state index in [0.717, 1.165) is 33.2 Å². The predicted molar refractivity (Wildman–Crippen MR) is 188 cm³/mol. The van der Waals surface area contributed by atoms with Crippen molar-refractivity contribution in [2.75, 3.05) is 4.90 Å². The van der Waals surface area contributed by atoms with Crippen molar-refractivity contribution >= 4 is 51.7 Å². The van der Waals surface area contributed by atoms with Gasteiger partial charge in [0.15, 0.2) is 5.78 Å². The number of imide groups is 1. The number of carbonyl (C=O) groups is 3. The second kappa shape index (κ2) is 10.9.